The average Bonchev–Trinajstić information content (AvgIpc) is 2.59. The van der Waals surface area contributed by atoms with Crippen LogP contribution in [-0.2, 0) is 5.41 Å². The van der Waals surface area contributed by atoms with E-state index in [1.54, 1.807) is 12.1 Å². The average molecular weight is 284 g/mol. The van der Waals surface area contributed by atoms with Crippen LogP contribution in [0.1, 0.15) is 32.1 Å². The number of hydrogen-bond donors (Lipinski definition) is 0. The van der Waals surface area contributed by atoms with Crippen molar-refractivity contribution in [1.29, 1.82) is 0 Å². The predicted octanol–water partition coefficient (Wildman–Crippen LogP) is 5.25. The highest BCUT2D eigenvalue weighted by atomic mass is 35.5. The Labute approximate surface area is 117 Å². The molecule has 0 amide bonds. The first-order chi connectivity index (χ1) is 8.32. The van der Waals surface area contributed by atoms with Gasteiger partial charge in [0.05, 0.1) is 10.0 Å². The maximum atomic E-state index is 6.23. The van der Waals surface area contributed by atoms with Gasteiger partial charge in [0.25, 0.3) is 0 Å². The van der Waals surface area contributed by atoms with Crippen LogP contribution in [-0.4, -0.2) is 5.16 Å². The van der Waals surface area contributed by atoms with Crippen molar-refractivity contribution in [2.45, 2.75) is 33.1 Å². The topological polar surface area (TPSA) is 26.0 Å². The molecule has 0 N–H and O–H groups in total. The smallest absolute Gasteiger partial charge is 0.138 e. The van der Waals surface area contributed by atoms with Crippen molar-refractivity contribution in [2.75, 3.05) is 0 Å². The van der Waals surface area contributed by atoms with Crippen LogP contribution in [0.4, 0.5) is 0 Å². The van der Waals surface area contributed by atoms with Crippen molar-refractivity contribution in [3.8, 4) is 11.3 Å². The molecule has 4 heteroatoms. The largest absolute Gasteiger partial charge is 0.361 e. The van der Waals surface area contributed by atoms with Gasteiger partial charge in [0.15, 0.2) is 0 Å². The lowest BCUT2D eigenvalue weighted by atomic mass is 9.84. The van der Waals surface area contributed by atoms with Crippen LogP contribution in [0, 0.1) is 6.92 Å². The molecule has 1 aromatic carbocycles. The van der Waals surface area contributed by atoms with Gasteiger partial charge in [-0.2, -0.15) is 0 Å². The molecule has 1 heterocycles. The minimum atomic E-state index is -0.0814. The van der Waals surface area contributed by atoms with Gasteiger partial charge in [0.1, 0.15) is 11.5 Å². The van der Waals surface area contributed by atoms with E-state index in [2.05, 4.69) is 25.9 Å². The third-order valence-electron chi connectivity index (χ3n) is 2.81. The third-order valence-corrected chi connectivity index (χ3v) is 3.44. The lowest BCUT2D eigenvalue weighted by molar-refractivity contribution is 0.394. The van der Waals surface area contributed by atoms with Crippen LogP contribution in [0.25, 0.3) is 11.3 Å². The molecule has 0 saturated carbocycles. The zero-order valence-electron chi connectivity index (χ0n) is 10.8. The number of nitrogens with zero attached hydrogens (tertiary/aromatic N) is 1. The second-order valence-corrected chi connectivity index (χ2v) is 6.12. The summed E-state index contributed by atoms with van der Waals surface area (Å²) in [6, 6.07) is 5.43. The van der Waals surface area contributed by atoms with Gasteiger partial charge >= 0.3 is 0 Å². The third kappa shape index (κ3) is 2.27. The zero-order chi connectivity index (χ0) is 13.5. The zero-order valence-corrected chi connectivity index (χ0v) is 12.4. The molecule has 0 spiro atoms. The second kappa shape index (κ2) is 4.60. The number of aromatic nitrogens is 1. The van der Waals surface area contributed by atoms with Gasteiger partial charge in [-0.3, -0.25) is 0 Å². The van der Waals surface area contributed by atoms with E-state index >= 15 is 0 Å². The Hall–Kier alpha value is -0.990. The molecule has 0 radical (unpaired) electrons. The fraction of sp³-hybridized carbons (Fsp3) is 0.357. The normalized spacial score (nSPS) is 11.9. The summed E-state index contributed by atoms with van der Waals surface area (Å²) in [5.41, 5.74) is 2.43. The van der Waals surface area contributed by atoms with Gasteiger partial charge in [-0.25, -0.2) is 0 Å². The Morgan fingerprint density at radius 1 is 1.11 bits per heavy atom. The van der Waals surface area contributed by atoms with E-state index in [9.17, 15) is 0 Å². The second-order valence-electron chi connectivity index (χ2n) is 5.31. The van der Waals surface area contributed by atoms with Crippen molar-refractivity contribution in [1.82, 2.24) is 5.16 Å². The van der Waals surface area contributed by atoms with Crippen molar-refractivity contribution in [3.05, 3.63) is 39.6 Å². The molecule has 0 aliphatic rings. The van der Waals surface area contributed by atoms with Crippen molar-refractivity contribution in [3.63, 3.8) is 0 Å². The molecule has 0 unspecified atom stereocenters. The molecule has 2 nitrogen and oxygen atoms in total. The maximum absolute atomic E-state index is 6.23. The summed E-state index contributed by atoms with van der Waals surface area (Å²) in [5, 5.41) is 5.30. The van der Waals surface area contributed by atoms with Crippen LogP contribution < -0.4 is 0 Å². The molecule has 0 fully saturated rings. The summed E-state index contributed by atoms with van der Waals surface area (Å²) < 4.78 is 5.32. The van der Waals surface area contributed by atoms with E-state index in [4.69, 9.17) is 27.7 Å². The first-order valence-corrected chi connectivity index (χ1v) is 6.49. The molecule has 96 valence electrons. The molecule has 2 rings (SSSR count). The van der Waals surface area contributed by atoms with Crippen LogP contribution in [0.2, 0.25) is 10.0 Å². The lowest BCUT2D eigenvalue weighted by Crippen LogP contribution is -2.13. The summed E-state index contributed by atoms with van der Waals surface area (Å²) >= 11 is 12.5. The summed E-state index contributed by atoms with van der Waals surface area (Å²) in [6.45, 7) is 8.24. The van der Waals surface area contributed by atoms with Crippen molar-refractivity contribution >= 4 is 23.2 Å². The van der Waals surface area contributed by atoms with Gasteiger partial charge in [0.2, 0.25) is 0 Å². The van der Waals surface area contributed by atoms with E-state index < -0.39 is 0 Å². The number of rotatable bonds is 1. The predicted molar refractivity (Wildman–Crippen MR) is 75.4 cm³/mol. The molecular formula is C14H15Cl2NO. The summed E-state index contributed by atoms with van der Waals surface area (Å²) in [4.78, 5) is 0. The summed E-state index contributed by atoms with van der Waals surface area (Å²) in [6.07, 6.45) is 0. The highest BCUT2D eigenvalue weighted by Gasteiger charge is 2.27. The molecule has 0 bridgehead atoms. The van der Waals surface area contributed by atoms with Gasteiger partial charge in [0, 0.05) is 11.1 Å². The molecule has 0 aliphatic heterocycles. The maximum Gasteiger partial charge on any atom is 0.138 e. The van der Waals surface area contributed by atoms with E-state index in [0.29, 0.717) is 10.0 Å². The summed E-state index contributed by atoms with van der Waals surface area (Å²) in [5.74, 6) is 0.800. The fourth-order valence-electron chi connectivity index (χ4n) is 2.15. The number of halogens is 2. The van der Waals surface area contributed by atoms with Crippen LogP contribution >= 0.6 is 23.2 Å². The van der Waals surface area contributed by atoms with E-state index in [-0.39, 0.29) is 5.41 Å². The Morgan fingerprint density at radius 2 is 1.67 bits per heavy atom. The van der Waals surface area contributed by atoms with Gasteiger partial charge in [-0.05, 0) is 24.5 Å². The molecule has 0 atom stereocenters. The minimum Gasteiger partial charge on any atom is -0.361 e. The molecule has 0 aliphatic carbocycles. The SMILES string of the molecule is Cc1onc(-c2c(Cl)cccc2Cl)c1C(C)(C)C. The van der Waals surface area contributed by atoms with Gasteiger partial charge in [-0.1, -0.05) is 55.2 Å². The van der Waals surface area contributed by atoms with E-state index in [1.807, 2.05) is 13.0 Å². The fourth-order valence-corrected chi connectivity index (χ4v) is 2.73. The molecule has 1 aromatic heterocycles. The van der Waals surface area contributed by atoms with Crippen molar-refractivity contribution < 1.29 is 4.52 Å². The van der Waals surface area contributed by atoms with Crippen molar-refractivity contribution in [2.24, 2.45) is 0 Å². The number of hydrogen-bond acceptors (Lipinski definition) is 2. The number of aryl methyl sites for hydroxylation is 1. The lowest BCUT2D eigenvalue weighted by Gasteiger charge is -2.19. The Morgan fingerprint density at radius 3 is 2.17 bits per heavy atom. The molecule has 0 saturated heterocycles. The van der Waals surface area contributed by atoms with Crippen LogP contribution in [0.5, 0.6) is 0 Å². The quantitative estimate of drug-likeness (QED) is 0.714. The molecular weight excluding hydrogens is 269 g/mol. The standard InChI is InChI=1S/C14H15Cl2NO/c1-8-12(14(2,3)4)13(17-18-8)11-9(15)6-5-7-10(11)16/h5-7H,1-4H3. The van der Waals surface area contributed by atoms with Crippen LogP contribution in [0.15, 0.2) is 22.7 Å². The monoisotopic (exact) mass is 283 g/mol. The van der Waals surface area contributed by atoms with Gasteiger partial charge in [-0.15, -0.1) is 0 Å². The highest BCUT2D eigenvalue weighted by Crippen LogP contribution is 2.40. The Kier molecular flexibility index (Phi) is 3.43. The Bertz CT molecular complexity index is 562. The Balaban J connectivity index is 2.74. The summed E-state index contributed by atoms with van der Waals surface area (Å²) in [7, 11) is 0. The minimum absolute atomic E-state index is 0.0814. The molecule has 18 heavy (non-hydrogen) atoms. The molecule has 2 aromatic rings. The first kappa shape index (κ1) is 13.4. The highest BCUT2D eigenvalue weighted by molar-refractivity contribution is 6.39. The van der Waals surface area contributed by atoms with Crippen LogP contribution in [0.3, 0.4) is 0 Å². The first-order valence-electron chi connectivity index (χ1n) is 5.73. The number of benzene rings is 1. The van der Waals surface area contributed by atoms with E-state index in [0.717, 1.165) is 22.6 Å². The van der Waals surface area contributed by atoms with Gasteiger partial charge < -0.3 is 4.52 Å². The van der Waals surface area contributed by atoms with E-state index in [1.165, 1.54) is 0 Å².